The molecule has 1 rings (SSSR count). The van der Waals surface area contributed by atoms with Gasteiger partial charge in [-0.25, -0.2) is 0 Å². The van der Waals surface area contributed by atoms with E-state index in [4.69, 9.17) is 9.47 Å². The molecule has 0 aromatic rings. The zero-order chi connectivity index (χ0) is 14.8. The minimum atomic E-state index is -0.461. The molecule has 0 spiro atoms. The molecule has 1 aliphatic heterocycles. The van der Waals surface area contributed by atoms with Crippen molar-refractivity contribution >= 4 is 5.78 Å². The van der Waals surface area contributed by atoms with Crippen molar-refractivity contribution in [2.45, 2.75) is 25.8 Å². The molecule has 1 N–H and O–H groups in total. The van der Waals surface area contributed by atoms with Crippen LogP contribution in [0.15, 0.2) is 0 Å². The van der Waals surface area contributed by atoms with Crippen molar-refractivity contribution in [1.82, 2.24) is 10.2 Å². The largest absolute Gasteiger partial charge is 0.382 e. The number of likely N-dealkylation sites (N-methyl/N-ethyl adjacent to an activating group) is 1. The van der Waals surface area contributed by atoms with Crippen LogP contribution in [0, 0.1) is 11.8 Å². The first-order valence-electron chi connectivity index (χ1n) is 7.22. The van der Waals surface area contributed by atoms with Gasteiger partial charge in [0.25, 0.3) is 0 Å². The lowest BCUT2D eigenvalue weighted by atomic mass is 9.86. The van der Waals surface area contributed by atoms with Gasteiger partial charge in [-0.3, -0.25) is 9.69 Å². The van der Waals surface area contributed by atoms with Crippen molar-refractivity contribution in [3.63, 3.8) is 0 Å². The first-order valence-corrected chi connectivity index (χ1v) is 7.22. The average Bonchev–Trinajstić information content (AvgIpc) is 2.36. The molecular weight excluding hydrogens is 256 g/mol. The lowest BCUT2D eigenvalue weighted by Gasteiger charge is -2.46. The van der Waals surface area contributed by atoms with Crippen LogP contribution >= 0.6 is 0 Å². The summed E-state index contributed by atoms with van der Waals surface area (Å²) in [5.74, 6) is 5.36. The molecular formula is C15H26N2O3. The van der Waals surface area contributed by atoms with Gasteiger partial charge in [-0.2, -0.15) is 0 Å². The molecule has 0 radical (unpaired) electrons. The standard InChI is InChI=1S/C15H26N2O3/c1-4-7-14(18)15(12-16-13-15)17(3)8-11-20-10-6-9-19-5-2/h16H,5-6,8-13H2,1-3H3. The number of rotatable bonds is 10. The van der Waals surface area contributed by atoms with Crippen LogP contribution in [0.3, 0.4) is 0 Å². The number of ketones is 1. The van der Waals surface area contributed by atoms with Crippen molar-refractivity contribution in [2.75, 3.05) is 53.1 Å². The number of hydrogen-bond donors (Lipinski definition) is 1. The molecule has 5 nitrogen and oxygen atoms in total. The maximum Gasteiger partial charge on any atom is 0.228 e. The lowest BCUT2D eigenvalue weighted by molar-refractivity contribution is -0.128. The van der Waals surface area contributed by atoms with E-state index in [-0.39, 0.29) is 5.78 Å². The van der Waals surface area contributed by atoms with Gasteiger partial charge >= 0.3 is 0 Å². The molecule has 0 saturated carbocycles. The summed E-state index contributed by atoms with van der Waals surface area (Å²) in [6.07, 6.45) is 0.907. The van der Waals surface area contributed by atoms with Crippen LogP contribution in [-0.2, 0) is 14.3 Å². The Labute approximate surface area is 122 Å². The van der Waals surface area contributed by atoms with E-state index >= 15 is 0 Å². The molecule has 20 heavy (non-hydrogen) atoms. The maximum atomic E-state index is 12.1. The topological polar surface area (TPSA) is 50.8 Å². The van der Waals surface area contributed by atoms with Gasteiger partial charge in [-0.15, -0.1) is 0 Å². The van der Waals surface area contributed by atoms with E-state index in [2.05, 4.69) is 22.1 Å². The molecule has 1 heterocycles. The second-order valence-electron chi connectivity index (χ2n) is 4.92. The summed E-state index contributed by atoms with van der Waals surface area (Å²) >= 11 is 0. The van der Waals surface area contributed by atoms with E-state index in [0.29, 0.717) is 26.3 Å². The predicted octanol–water partition coefficient (Wildman–Crippen LogP) is 0.296. The van der Waals surface area contributed by atoms with Gasteiger partial charge in [-0.1, -0.05) is 5.92 Å². The van der Waals surface area contributed by atoms with Crippen LogP contribution in [0.1, 0.15) is 20.3 Å². The summed E-state index contributed by atoms with van der Waals surface area (Å²) in [6, 6.07) is 0. The lowest BCUT2D eigenvalue weighted by Crippen LogP contribution is -2.72. The Hall–Kier alpha value is -0.930. The van der Waals surface area contributed by atoms with Crippen molar-refractivity contribution in [1.29, 1.82) is 0 Å². The van der Waals surface area contributed by atoms with Crippen molar-refractivity contribution < 1.29 is 14.3 Å². The van der Waals surface area contributed by atoms with Gasteiger partial charge < -0.3 is 14.8 Å². The zero-order valence-electron chi connectivity index (χ0n) is 12.8. The summed E-state index contributed by atoms with van der Waals surface area (Å²) in [7, 11) is 1.96. The Kier molecular flexibility index (Phi) is 7.78. The molecule has 5 heteroatoms. The Morgan fingerprint density at radius 2 is 2.00 bits per heavy atom. The molecule has 0 aromatic heterocycles. The van der Waals surface area contributed by atoms with E-state index in [9.17, 15) is 4.79 Å². The van der Waals surface area contributed by atoms with Crippen LogP contribution < -0.4 is 5.32 Å². The summed E-state index contributed by atoms with van der Waals surface area (Å²) < 4.78 is 10.8. The highest BCUT2D eigenvalue weighted by Crippen LogP contribution is 2.20. The van der Waals surface area contributed by atoms with Crippen LogP contribution in [0.25, 0.3) is 0 Å². The van der Waals surface area contributed by atoms with Gasteiger partial charge in [0, 0.05) is 39.5 Å². The fraction of sp³-hybridized carbons (Fsp3) is 0.800. The number of ether oxygens (including phenoxy) is 2. The third-order valence-electron chi connectivity index (χ3n) is 3.58. The normalized spacial score (nSPS) is 16.4. The van der Waals surface area contributed by atoms with Crippen LogP contribution in [0.4, 0.5) is 0 Å². The predicted molar refractivity (Wildman–Crippen MR) is 78.6 cm³/mol. The minimum Gasteiger partial charge on any atom is -0.382 e. The second kappa shape index (κ2) is 9.09. The third kappa shape index (κ3) is 4.57. The van der Waals surface area contributed by atoms with Crippen molar-refractivity contribution in [3.8, 4) is 11.8 Å². The zero-order valence-corrected chi connectivity index (χ0v) is 12.8. The Morgan fingerprint density at radius 3 is 2.55 bits per heavy atom. The average molecular weight is 282 g/mol. The summed E-state index contributed by atoms with van der Waals surface area (Å²) in [5.41, 5.74) is -0.461. The van der Waals surface area contributed by atoms with E-state index < -0.39 is 5.54 Å². The molecule has 114 valence electrons. The van der Waals surface area contributed by atoms with Gasteiger partial charge in [-0.05, 0) is 33.2 Å². The Bertz CT molecular complexity index is 356. The first-order chi connectivity index (χ1) is 9.67. The van der Waals surface area contributed by atoms with Gasteiger partial charge in [0.2, 0.25) is 5.78 Å². The van der Waals surface area contributed by atoms with E-state index in [1.807, 2.05) is 14.0 Å². The Morgan fingerprint density at radius 1 is 1.30 bits per heavy atom. The molecule has 1 saturated heterocycles. The molecule has 0 amide bonds. The molecule has 1 fully saturated rings. The highest BCUT2D eigenvalue weighted by atomic mass is 16.5. The summed E-state index contributed by atoms with van der Waals surface area (Å²) in [5, 5.41) is 3.16. The minimum absolute atomic E-state index is 0.00223. The van der Waals surface area contributed by atoms with Crippen LogP contribution in [0.2, 0.25) is 0 Å². The number of nitrogens with one attached hydrogen (secondary N) is 1. The first kappa shape index (κ1) is 17.1. The van der Waals surface area contributed by atoms with E-state index in [0.717, 1.165) is 26.2 Å². The number of hydrogen-bond acceptors (Lipinski definition) is 5. The third-order valence-corrected chi connectivity index (χ3v) is 3.58. The smallest absolute Gasteiger partial charge is 0.228 e. The number of Topliss-reactive ketones (excluding diaryl/α,β-unsaturated/α-hetero) is 1. The molecule has 0 aliphatic carbocycles. The van der Waals surface area contributed by atoms with E-state index in [1.54, 1.807) is 6.92 Å². The Balaban J connectivity index is 2.25. The molecule has 0 aromatic carbocycles. The number of carbonyl (C=O) groups excluding carboxylic acids is 1. The highest BCUT2D eigenvalue weighted by Gasteiger charge is 2.46. The van der Waals surface area contributed by atoms with Crippen molar-refractivity contribution in [2.24, 2.45) is 0 Å². The van der Waals surface area contributed by atoms with E-state index in [1.165, 1.54) is 0 Å². The maximum absolute atomic E-state index is 12.1. The summed E-state index contributed by atoms with van der Waals surface area (Å²) in [6.45, 7) is 8.55. The molecule has 0 unspecified atom stereocenters. The summed E-state index contributed by atoms with van der Waals surface area (Å²) in [4.78, 5) is 14.1. The van der Waals surface area contributed by atoms with Crippen molar-refractivity contribution in [3.05, 3.63) is 0 Å². The van der Waals surface area contributed by atoms with Gasteiger partial charge in [0.15, 0.2) is 0 Å². The highest BCUT2D eigenvalue weighted by molar-refractivity contribution is 6.04. The second-order valence-corrected chi connectivity index (χ2v) is 4.92. The fourth-order valence-corrected chi connectivity index (χ4v) is 2.12. The van der Waals surface area contributed by atoms with Gasteiger partial charge in [0.05, 0.1) is 6.61 Å². The quantitative estimate of drug-likeness (QED) is 0.355. The number of nitrogens with zero attached hydrogens (tertiary/aromatic N) is 1. The monoisotopic (exact) mass is 282 g/mol. The number of carbonyl (C=O) groups is 1. The van der Waals surface area contributed by atoms with Crippen LogP contribution in [-0.4, -0.2) is 69.3 Å². The molecule has 0 atom stereocenters. The van der Waals surface area contributed by atoms with Gasteiger partial charge in [0.1, 0.15) is 5.54 Å². The SMILES string of the molecule is CC#CC(=O)C1(N(C)CCOCCCOCC)CNC1. The molecule has 0 bridgehead atoms. The van der Waals surface area contributed by atoms with Crippen LogP contribution in [0.5, 0.6) is 0 Å². The fourth-order valence-electron chi connectivity index (χ4n) is 2.12. The molecule has 1 aliphatic rings.